The van der Waals surface area contributed by atoms with E-state index in [0.29, 0.717) is 33.2 Å². The molecule has 3 heterocycles. The van der Waals surface area contributed by atoms with Crippen LogP contribution in [0.1, 0.15) is 0 Å². The normalized spacial score (nSPS) is 11.8. The fraction of sp³-hybridized carbons (Fsp3) is 0.176. The zero-order valence-corrected chi connectivity index (χ0v) is 18.1. The van der Waals surface area contributed by atoms with Gasteiger partial charge in [-0.15, -0.1) is 11.3 Å². The molecule has 0 spiro atoms. The number of fused-ring (bicyclic) bond motifs is 1. The Hall–Kier alpha value is -2.27. The van der Waals surface area contributed by atoms with Gasteiger partial charge in [0.05, 0.1) is 22.6 Å². The minimum Gasteiger partial charge on any atom is -0.491 e. The van der Waals surface area contributed by atoms with Gasteiger partial charge in [0.1, 0.15) is 28.4 Å². The Bertz CT molecular complexity index is 1290. The summed E-state index contributed by atoms with van der Waals surface area (Å²) in [5, 5.41) is 4.45. The van der Waals surface area contributed by atoms with Crippen molar-refractivity contribution in [1.82, 2.24) is 24.7 Å². The quantitative estimate of drug-likeness (QED) is 0.396. The second kappa shape index (κ2) is 7.86. The minimum atomic E-state index is -3.65. The van der Waals surface area contributed by atoms with E-state index in [2.05, 4.69) is 20.1 Å². The molecule has 3 aromatic heterocycles. The summed E-state index contributed by atoms with van der Waals surface area (Å²) in [7, 11) is -3.65. The fourth-order valence-corrected chi connectivity index (χ4v) is 4.45. The number of nitrogens with zero attached hydrogens (tertiary/aromatic N) is 5. The Morgan fingerprint density at radius 3 is 2.79 bits per heavy atom. The Labute approximate surface area is 180 Å². The smallest absolute Gasteiger partial charge is 0.248 e. The number of sulfone groups is 1. The van der Waals surface area contributed by atoms with Crippen LogP contribution in [0, 0.1) is 0 Å². The first-order valence-electron chi connectivity index (χ1n) is 8.24. The molecule has 4 aromatic rings. The molecule has 0 atom stereocenters. The highest BCUT2D eigenvalue weighted by atomic mass is 35.5. The first-order valence-corrected chi connectivity index (χ1v) is 11.8. The number of thiazole rings is 1. The zero-order valence-electron chi connectivity index (χ0n) is 14.9. The summed E-state index contributed by atoms with van der Waals surface area (Å²) in [6.45, 7) is 0.788. The van der Waals surface area contributed by atoms with E-state index in [4.69, 9.17) is 27.9 Å². The Balaban J connectivity index is 1.83. The third-order valence-electron chi connectivity index (χ3n) is 3.90. The minimum absolute atomic E-state index is 0.263. The van der Waals surface area contributed by atoms with Gasteiger partial charge in [0.25, 0.3) is 0 Å². The molecule has 0 saturated carbocycles. The van der Waals surface area contributed by atoms with E-state index >= 15 is 0 Å². The third-order valence-corrected chi connectivity index (χ3v) is 5.98. The summed E-state index contributed by atoms with van der Waals surface area (Å²) in [4.78, 5) is 13.1. The monoisotopic (exact) mass is 469 g/mol. The van der Waals surface area contributed by atoms with Crippen molar-refractivity contribution in [3.05, 3.63) is 46.1 Å². The van der Waals surface area contributed by atoms with Gasteiger partial charge in [0.2, 0.25) is 15.0 Å². The number of aromatic nitrogens is 5. The van der Waals surface area contributed by atoms with Gasteiger partial charge in [-0.05, 0) is 18.2 Å². The van der Waals surface area contributed by atoms with Crippen LogP contribution in [0.3, 0.4) is 0 Å². The highest BCUT2D eigenvalue weighted by Gasteiger charge is 2.23. The van der Waals surface area contributed by atoms with Crippen LogP contribution < -0.4 is 4.74 Å². The van der Waals surface area contributed by atoms with Crippen molar-refractivity contribution >= 4 is 54.7 Å². The van der Waals surface area contributed by atoms with Crippen molar-refractivity contribution in [3.8, 4) is 17.0 Å². The molecule has 0 radical (unpaired) electrons. The van der Waals surface area contributed by atoms with Crippen LogP contribution in [0.2, 0.25) is 10.0 Å². The highest BCUT2D eigenvalue weighted by molar-refractivity contribution is 7.90. The van der Waals surface area contributed by atoms with Gasteiger partial charge >= 0.3 is 0 Å². The van der Waals surface area contributed by atoms with Gasteiger partial charge in [-0.25, -0.2) is 23.4 Å². The molecule has 12 heteroatoms. The maximum atomic E-state index is 12.1. The summed E-state index contributed by atoms with van der Waals surface area (Å²) in [5.41, 5.74) is 2.67. The molecule has 0 amide bonds. The van der Waals surface area contributed by atoms with Crippen LogP contribution in [-0.4, -0.2) is 46.0 Å². The van der Waals surface area contributed by atoms with E-state index in [1.165, 1.54) is 11.3 Å². The lowest BCUT2D eigenvalue weighted by Gasteiger charge is -2.14. The van der Waals surface area contributed by atoms with Crippen molar-refractivity contribution in [3.63, 3.8) is 0 Å². The van der Waals surface area contributed by atoms with Crippen molar-refractivity contribution in [2.24, 2.45) is 0 Å². The molecule has 1 aromatic carbocycles. The molecule has 0 aliphatic rings. The van der Waals surface area contributed by atoms with Gasteiger partial charge in [-0.2, -0.15) is 5.10 Å². The first kappa shape index (κ1) is 20.0. The molecule has 0 aliphatic carbocycles. The Morgan fingerprint density at radius 2 is 2.07 bits per heavy atom. The third kappa shape index (κ3) is 4.20. The molecular weight excluding hydrogens is 457 g/mol. The standard InChI is InChI=1S/C17H13Cl2N5O3S2/c1-29(25,26)17-22-14(15-16(23-17)28-9-20-15)13-11(19)7-10(18)8-12(13)27-6-5-24-4-2-3-21-24/h2-4,7-9H,5-6H2,1H3. The number of halogens is 2. The summed E-state index contributed by atoms with van der Waals surface area (Å²) in [5.74, 6) is 0.363. The van der Waals surface area contributed by atoms with E-state index < -0.39 is 9.84 Å². The van der Waals surface area contributed by atoms with Gasteiger partial charge in [-0.3, -0.25) is 4.68 Å². The number of benzene rings is 1. The average molecular weight is 470 g/mol. The molecule has 0 bridgehead atoms. The number of hydrogen-bond donors (Lipinski definition) is 0. The van der Waals surface area contributed by atoms with Crippen LogP contribution in [0.5, 0.6) is 5.75 Å². The maximum Gasteiger partial charge on any atom is 0.248 e. The summed E-state index contributed by atoms with van der Waals surface area (Å²) < 4.78 is 31.8. The topological polar surface area (TPSA) is 99.9 Å². The SMILES string of the molecule is CS(=O)(=O)c1nc(-c2c(Cl)cc(Cl)cc2OCCn2cccn2)c2ncsc2n1. The van der Waals surface area contributed by atoms with E-state index in [1.807, 2.05) is 12.3 Å². The number of ether oxygens (including phenoxy) is 1. The van der Waals surface area contributed by atoms with Crippen LogP contribution in [0.4, 0.5) is 0 Å². The van der Waals surface area contributed by atoms with Crippen molar-refractivity contribution in [1.29, 1.82) is 0 Å². The van der Waals surface area contributed by atoms with Crippen molar-refractivity contribution < 1.29 is 13.2 Å². The molecule has 0 saturated heterocycles. The molecule has 8 nitrogen and oxygen atoms in total. The first-order chi connectivity index (χ1) is 13.8. The van der Waals surface area contributed by atoms with E-state index in [0.717, 1.165) is 6.26 Å². The molecule has 0 aliphatic heterocycles. The molecule has 29 heavy (non-hydrogen) atoms. The van der Waals surface area contributed by atoms with E-state index in [9.17, 15) is 8.42 Å². The Kier molecular flexibility index (Phi) is 5.43. The van der Waals surface area contributed by atoms with Gasteiger partial charge in [-0.1, -0.05) is 23.2 Å². The van der Waals surface area contributed by atoms with E-state index in [-0.39, 0.29) is 22.5 Å². The molecule has 150 valence electrons. The number of hydrogen-bond acceptors (Lipinski definition) is 8. The lowest BCUT2D eigenvalue weighted by atomic mass is 10.1. The largest absolute Gasteiger partial charge is 0.491 e. The Morgan fingerprint density at radius 1 is 1.24 bits per heavy atom. The van der Waals surface area contributed by atoms with E-state index in [1.54, 1.807) is 28.5 Å². The molecule has 0 fully saturated rings. The zero-order chi connectivity index (χ0) is 20.6. The summed E-state index contributed by atoms with van der Waals surface area (Å²) in [6.07, 6.45) is 4.54. The maximum absolute atomic E-state index is 12.1. The molecule has 4 rings (SSSR count). The van der Waals surface area contributed by atoms with Crippen LogP contribution in [-0.2, 0) is 16.4 Å². The summed E-state index contributed by atoms with van der Waals surface area (Å²) >= 11 is 13.8. The lowest BCUT2D eigenvalue weighted by molar-refractivity contribution is 0.292. The summed E-state index contributed by atoms with van der Waals surface area (Å²) in [6, 6.07) is 4.96. The van der Waals surface area contributed by atoms with Crippen molar-refractivity contribution in [2.45, 2.75) is 11.7 Å². The van der Waals surface area contributed by atoms with Gasteiger partial charge < -0.3 is 4.74 Å². The van der Waals surface area contributed by atoms with Gasteiger partial charge in [0.15, 0.2) is 0 Å². The van der Waals surface area contributed by atoms with Gasteiger partial charge in [0, 0.05) is 23.7 Å². The van der Waals surface area contributed by atoms with Crippen LogP contribution in [0.15, 0.2) is 41.3 Å². The predicted molar refractivity (Wildman–Crippen MR) is 111 cm³/mol. The molecule has 0 unspecified atom stereocenters. The second-order valence-electron chi connectivity index (χ2n) is 6.01. The molecule has 0 N–H and O–H groups in total. The van der Waals surface area contributed by atoms with Crippen LogP contribution >= 0.6 is 34.5 Å². The highest BCUT2D eigenvalue weighted by Crippen LogP contribution is 2.41. The fourth-order valence-electron chi connectivity index (χ4n) is 2.66. The predicted octanol–water partition coefficient (Wildman–Crippen LogP) is 3.74. The lowest BCUT2D eigenvalue weighted by Crippen LogP contribution is -2.10. The van der Waals surface area contributed by atoms with Crippen molar-refractivity contribution in [2.75, 3.05) is 12.9 Å². The second-order valence-corrected chi connectivity index (χ2v) is 9.60. The average Bonchev–Trinajstić information content (AvgIpc) is 3.31. The van der Waals surface area contributed by atoms with Crippen LogP contribution in [0.25, 0.3) is 21.6 Å². The number of rotatable bonds is 6. The molecular formula is C17H13Cl2N5O3S2.